The van der Waals surface area contributed by atoms with Crippen LogP contribution in [0.5, 0.6) is 0 Å². The molecule has 0 heterocycles. The van der Waals surface area contributed by atoms with Crippen LogP contribution in [0.4, 0.5) is 0 Å². The normalized spacial score (nSPS) is 14.5. The summed E-state index contributed by atoms with van der Waals surface area (Å²) in [7, 11) is -9.91. The van der Waals surface area contributed by atoms with Gasteiger partial charge in [0.1, 0.15) is 19.3 Å². The minimum atomic E-state index is -4.96. The molecule has 0 radical (unpaired) electrons. The van der Waals surface area contributed by atoms with Gasteiger partial charge in [-0.3, -0.25) is 37.3 Å². The molecule has 0 rings (SSSR count). The van der Waals surface area contributed by atoms with E-state index in [0.29, 0.717) is 31.6 Å². The Morgan fingerprint density at radius 1 is 0.304 bits per heavy atom. The van der Waals surface area contributed by atoms with Crippen LogP contribution in [0.25, 0.3) is 0 Å². The maximum absolute atomic E-state index is 13.0. The van der Waals surface area contributed by atoms with Crippen molar-refractivity contribution in [1.29, 1.82) is 0 Å². The van der Waals surface area contributed by atoms with Gasteiger partial charge in [0, 0.05) is 25.7 Å². The molecule has 0 aromatic heterocycles. The molecule has 546 valence electrons. The van der Waals surface area contributed by atoms with Crippen LogP contribution in [-0.2, 0) is 65.4 Å². The quantitative estimate of drug-likeness (QED) is 0.0222. The first-order chi connectivity index (χ1) is 44.1. The van der Waals surface area contributed by atoms with Crippen LogP contribution in [0, 0.1) is 23.7 Å². The summed E-state index contributed by atoms with van der Waals surface area (Å²) in [5.74, 6) is 0.918. The SMILES string of the molecule is CCC(C)CCCCCCCCCCCCC(=O)O[C@H](COC(=O)CCCCCCCCCCCCC(C)C)COP(=O)(O)OCC(O)COP(=O)(O)OC[C@@H](COC(=O)CCCCCCCCCC(C)C)OC(=O)CCCCCCCCCCCCCCC(C)C. The molecule has 0 aromatic rings. The molecular formula is C73H142O17P2. The lowest BCUT2D eigenvalue weighted by molar-refractivity contribution is -0.161. The molecule has 0 fully saturated rings. The van der Waals surface area contributed by atoms with Crippen molar-refractivity contribution in [2.24, 2.45) is 23.7 Å². The maximum atomic E-state index is 13.0. The number of aliphatic hydroxyl groups is 1. The first kappa shape index (κ1) is 90.1. The molecule has 6 atom stereocenters. The topological polar surface area (TPSA) is 237 Å². The third-order valence-electron chi connectivity index (χ3n) is 17.2. The summed E-state index contributed by atoms with van der Waals surface area (Å²) in [6, 6.07) is 0. The Hall–Kier alpha value is -1.94. The van der Waals surface area contributed by atoms with E-state index >= 15 is 0 Å². The van der Waals surface area contributed by atoms with E-state index in [1.165, 1.54) is 161 Å². The number of rotatable bonds is 70. The minimum absolute atomic E-state index is 0.105. The third kappa shape index (κ3) is 65.4. The lowest BCUT2D eigenvalue weighted by Crippen LogP contribution is -2.30. The highest BCUT2D eigenvalue weighted by Crippen LogP contribution is 2.45. The van der Waals surface area contributed by atoms with Crippen molar-refractivity contribution in [2.75, 3.05) is 39.6 Å². The summed E-state index contributed by atoms with van der Waals surface area (Å²) < 4.78 is 68.4. The Balaban J connectivity index is 5.26. The number of hydrogen-bond donors (Lipinski definition) is 3. The van der Waals surface area contributed by atoms with Crippen molar-refractivity contribution in [3.05, 3.63) is 0 Å². The van der Waals surface area contributed by atoms with Gasteiger partial charge in [0.05, 0.1) is 26.4 Å². The van der Waals surface area contributed by atoms with E-state index in [4.69, 9.17) is 37.0 Å². The highest BCUT2D eigenvalue weighted by atomic mass is 31.2. The molecule has 0 bridgehead atoms. The monoisotopic (exact) mass is 1350 g/mol. The number of aliphatic hydroxyl groups excluding tert-OH is 1. The van der Waals surface area contributed by atoms with Gasteiger partial charge in [0.15, 0.2) is 12.2 Å². The average molecular weight is 1350 g/mol. The highest BCUT2D eigenvalue weighted by Gasteiger charge is 2.30. The van der Waals surface area contributed by atoms with Crippen molar-refractivity contribution >= 4 is 39.5 Å². The van der Waals surface area contributed by atoms with Gasteiger partial charge < -0.3 is 33.8 Å². The molecule has 17 nitrogen and oxygen atoms in total. The molecule has 0 saturated heterocycles. The van der Waals surface area contributed by atoms with Crippen molar-refractivity contribution in [3.8, 4) is 0 Å². The third-order valence-corrected chi connectivity index (χ3v) is 19.1. The van der Waals surface area contributed by atoms with Crippen LogP contribution in [0.1, 0.15) is 364 Å². The molecule has 0 aromatic carbocycles. The molecule has 92 heavy (non-hydrogen) atoms. The van der Waals surface area contributed by atoms with E-state index in [1.54, 1.807) is 0 Å². The smallest absolute Gasteiger partial charge is 0.462 e. The van der Waals surface area contributed by atoms with Gasteiger partial charge in [-0.25, -0.2) is 9.13 Å². The Labute approximate surface area is 562 Å². The summed E-state index contributed by atoms with van der Waals surface area (Å²) >= 11 is 0. The molecule has 0 aliphatic rings. The predicted octanol–water partition coefficient (Wildman–Crippen LogP) is 20.9. The number of phosphoric ester groups is 2. The average Bonchev–Trinajstić information content (AvgIpc) is 2.41. The summed E-state index contributed by atoms with van der Waals surface area (Å²) in [4.78, 5) is 72.7. The fraction of sp³-hybridized carbons (Fsp3) is 0.945. The van der Waals surface area contributed by atoms with Crippen molar-refractivity contribution in [2.45, 2.75) is 382 Å². The van der Waals surface area contributed by atoms with E-state index in [2.05, 4.69) is 55.4 Å². The molecule has 4 unspecified atom stereocenters. The Morgan fingerprint density at radius 2 is 0.522 bits per heavy atom. The first-order valence-electron chi connectivity index (χ1n) is 37.7. The van der Waals surface area contributed by atoms with Crippen molar-refractivity contribution in [3.63, 3.8) is 0 Å². The maximum Gasteiger partial charge on any atom is 0.472 e. The first-order valence-corrected chi connectivity index (χ1v) is 40.7. The van der Waals surface area contributed by atoms with E-state index in [9.17, 15) is 43.2 Å². The van der Waals surface area contributed by atoms with Gasteiger partial charge >= 0.3 is 39.5 Å². The second kappa shape index (κ2) is 62.6. The largest absolute Gasteiger partial charge is 0.472 e. The van der Waals surface area contributed by atoms with Crippen LogP contribution in [-0.4, -0.2) is 96.7 Å². The van der Waals surface area contributed by atoms with E-state index < -0.39 is 97.5 Å². The molecular weight excluding hydrogens is 1210 g/mol. The second-order valence-electron chi connectivity index (χ2n) is 28.0. The zero-order valence-corrected chi connectivity index (χ0v) is 62.0. The predicted molar refractivity (Wildman–Crippen MR) is 372 cm³/mol. The van der Waals surface area contributed by atoms with Gasteiger partial charge in [0.2, 0.25) is 0 Å². The zero-order chi connectivity index (χ0) is 68.2. The number of carbonyl (C=O) groups excluding carboxylic acids is 4. The number of carbonyl (C=O) groups is 4. The van der Waals surface area contributed by atoms with Crippen LogP contribution in [0.15, 0.2) is 0 Å². The molecule has 0 aliphatic carbocycles. The lowest BCUT2D eigenvalue weighted by atomic mass is 9.99. The molecule has 0 saturated carbocycles. The van der Waals surface area contributed by atoms with E-state index in [1.807, 2.05) is 0 Å². The van der Waals surface area contributed by atoms with Crippen LogP contribution >= 0.6 is 15.6 Å². The molecule has 0 spiro atoms. The van der Waals surface area contributed by atoms with Crippen molar-refractivity contribution < 1.29 is 80.2 Å². The number of unbranched alkanes of at least 4 members (excludes halogenated alkanes) is 35. The highest BCUT2D eigenvalue weighted by molar-refractivity contribution is 7.47. The van der Waals surface area contributed by atoms with Crippen LogP contribution < -0.4 is 0 Å². The van der Waals surface area contributed by atoms with Gasteiger partial charge in [-0.1, -0.05) is 312 Å². The van der Waals surface area contributed by atoms with E-state index in [0.717, 1.165) is 114 Å². The van der Waals surface area contributed by atoms with Crippen LogP contribution in [0.3, 0.4) is 0 Å². The standard InChI is InChI=1S/C73H142O17P2/c1-9-66(8)52-44-36-28-20-15-17-23-31-40-48-56-73(78)89-68(59-83-70(75)53-45-37-29-21-16-14-19-26-34-42-50-64(4)5)61-87-91(79,80)85-57-67(74)58-86-92(81,82)88-62-69(60-84-71(76)54-46-38-32-24-27-35-43-51-65(6)7)90-72(77)55-47-39-30-22-13-11-10-12-18-25-33-41-49-63(2)3/h63-69,74H,9-62H2,1-8H3,(H,79,80)(H,81,82)/t66?,67?,68-,69-/m1/s1. The summed E-state index contributed by atoms with van der Waals surface area (Å²) in [5.41, 5.74) is 0. The van der Waals surface area contributed by atoms with Gasteiger partial charge in [-0.05, 0) is 49.4 Å². The van der Waals surface area contributed by atoms with Gasteiger partial charge in [-0.2, -0.15) is 0 Å². The number of hydrogen-bond acceptors (Lipinski definition) is 15. The zero-order valence-electron chi connectivity index (χ0n) is 60.2. The minimum Gasteiger partial charge on any atom is -0.462 e. The van der Waals surface area contributed by atoms with E-state index in [-0.39, 0.29) is 25.7 Å². The molecule has 0 aliphatic heterocycles. The van der Waals surface area contributed by atoms with Crippen LogP contribution in [0.2, 0.25) is 0 Å². The fourth-order valence-electron chi connectivity index (χ4n) is 11.0. The summed E-state index contributed by atoms with van der Waals surface area (Å²) in [6.45, 7) is 14.2. The van der Waals surface area contributed by atoms with Crippen molar-refractivity contribution in [1.82, 2.24) is 0 Å². The van der Waals surface area contributed by atoms with Gasteiger partial charge in [0.25, 0.3) is 0 Å². The number of phosphoric acid groups is 2. The Bertz CT molecular complexity index is 1820. The summed E-state index contributed by atoms with van der Waals surface area (Å²) in [6.07, 6.45) is 45.7. The molecule has 3 N–H and O–H groups in total. The fourth-order valence-corrected chi connectivity index (χ4v) is 12.6. The van der Waals surface area contributed by atoms with Gasteiger partial charge in [-0.15, -0.1) is 0 Å². The second-order valence-corrected chi connectivity index (χ2v) is 30.9. The number of ether oxygens (including phenoxy) is 4. The number of esters is 4. The Kier molecular flexibility index (Phi) is 61.3. The summed E-state index contributed by atoms with van der Waals surface area (Å²) in [5, 5.41) is 10.6. The Morgan fingerprint density at radius 3 is 0.772 bits per heavy atom. The molecule has 0 amide bonds. The molecule has 19 heteroatoms. The lowest BCUT2D eigenvalue weighted by Gasteiger charge is -2.21.